The van der Waals surface area contributed by atoms with Crippen molar-refractivity contribution in [1.82, 2.24) is 21.3 Å². The van der Waals surface area contributed by atoms with Gasteiger partial charge in [-0.05, 0) is 48.5 Å². The lowest BCUT2D eigenvalue weighted by molar-refractivity contribution is -0.160. The van der Waals surface area contributed by atoms with Gasteiger partial charge >= 0.3 is 5.97 Å². The van der Waals surface area contributed by atoms with Crippen molar-refractivity contribution in [1.29, 1.82) is 0 Å². The van der Waals surface area contributed by atoms with Gasteiger partial charge in [0.25, 0.3) is 5.91 Å². The second kappa shape index (κ2) is 16.3. The lowest BCUT2D eigenvalue weighted by atomic mass is 9.98. The number of hydrogen-bond donors (Lipinski definition) is 4. The van der Waals surface area contributed by atoms with Gasteiger partial charge in [0.2, 0.25) is 17.7 Å². The summed E-state index contributed by atoms with van der Waals surface area (Å²) >= 11 is 0. The third-order valence-electron chi connectivity index (χ3n) is 7.05. The van der Waals surface area contributed by atoms with Gasteiger partial charge in [0.05, 0.1) is 0 Å². The molecule has 0 aromatic heterocycles. The van der Waals surface area contributed by atoms with E-state index in [4.69, 9.17) is 4.74 Å². The van der Waals surface area contributed by atoms with Crippen LogP contribution in [0.1, 0.15) is 80.2 Å². The second-order valence-corrected chi connectivity index (χ2v) is 12.9. The topological polar surface area (TPSA) is 143 Å². The van der Waals surface area contributed by atoms with Gasteiger partial charge in [-0.25, -0.2) is 4.79 Å². The van der Waals surface area contributed by atoms with Crippen molar-refractivity contribution in [3.8, 4) is 0 Å². The van der Waals surface area contributed by atoms with E-state index in [1.54, 1.807) is 13.8 Å². The molecule has 0 aliphatic carbocycles. The highest BCUT2D eigenvalue weighted by Crippen LogP contribution is 2.16. The summed E-state index contributed by atoms with van der Waals surface area (Å²) in [6.45, 7) is 15.1. The van der Waals surface area contributed by atoms with Crippen molar-refractivity contribution in [3.05, 3.63) is 35.9 Å². The number of carbonyl (C=O) groups excluding carboxylic acids is 5. The third kappa shape index (κ3) is 11.1. The van der Waals surface area contributed by atoms with Gasteiger partial charge in [-0.1, -0.05) is 85.7 Å². The van der Waals surface area contributed by atoms with Crippen molar-refractivity contribution >= 4 is 29.6 Å². The quantitative estimate of drug-likeness (QED) is 0.328. The molecule has 0 bridgehead atoms. The molecule has 1 aliphatic rings. The molecule has 4 amide bonds. The lowest BCUT2D eigenvalue weighted by Gasteiger charge is -2.28. The van der Waals surface area contributed by atoms with Crippen LogP contribution >= 0.6 is 0 Å². The number of esters is 1. The van der Waals surface area contributed by atoms with Crippen molar-refractivity contribution < 1.29 is 28.7 Å². The first-order valence-corrected chi connectivity index (χ1v) is 15.1. The largest absolute Gasteiger partial charge is 0.451 e. The zero-order valence-electron chi connectivity index (χ0n) is 26.4. The number of ether oxygens (including phenoxy) is 1. The minimum absolute atomic E-state index is 0.00703. The fourth-order valence-corrected chi connectivity index (χ4v) is 4.89. The first-order valence-electron chi connectivity index (χ1n) is 15.1. The summed E-state index contributed by atoms with van der Waals surface area (Å²) in [6.07, 6.45) is -0.149. The van der Waals surface area contributed by atoms with Crippen LogP contribution in [0.2, 0.25) is 0 Å². The predicted molar refractivity (Wildman–Crippen MR) is 161 cm³/mol. The van der Waals surface area contributed by atoms with Gasteiger partial charge in [-0.3, -0.25) is 19.2 Å². The van der Waals surface area contributed by atoms with Crippen LogP contribution in [-0.4, -0.2) is 59.9 Å². The standard InChI is InChI=1S/C32H50N4O6/c1-18(2)14-23-28(37)33-24(17-22-12-10-9-11-13-22)29(38)35-25(15-19(3)4)32(41)42-26(16-20(5)6)30(39)36-27(21(7)8)31(40)34-23/h9-13,18-21,23-27H,14-17H2,1-8H3,(H,33,37)(H,34,40)(H,35,38)(H,36,39)/t23-,24-,25-,26+,27-/m0/s1. The molecule has 0 spiro atoms. The Bertz CT molecular complexity index is 1070. The second-order valence-electron chi connectivity index (χ2n) is 12.9. The SMILES string of the molecule is CC(C)C[C@@H]1NC(=O)[C@H](C(C)C)NC(=O)[C@@H](CC(C)C)OC(=O)[C@H](CC(C)C)NC(=O)[C@H](Cc2ccccc2)NC1=O. The molecule has 10 nitrogen and oxygen atoms in total. The average Bonchev–Trinajstić information content (AvgIpc) is 2.89. The molecule has 4 N–H and O–H groups in total. The zero-order valence-corrected chi connectivity index (χ0v) is 26.4. The van der Waals surface area contributed by atoms with E-state index in [0.717, 1.165) is 5.56 Å². The van der Waals surface area contributed by atoms with E-state index in [0.29, 0.717) is 6.42 Å². The number of cyclic esters (lactones) is 1. The molecule has 1 aromatic carbocycles. The third-order valence-corrected chi connectivity index (χ3v) is 7.05. The Hall–Kier alpha value is -3.43. The Morgan fingerprint density at radius 1 is 0.595 bits per heavy atom. The molecule has 0 unspecified atom stereocenters. The van der Waals surface area contributed by atoms with Crippen LogP contribution in [0.3, 0.4) is 0 Å². The van der Waals surface area contributed by atoms with E-state index in [9.17, 15) is 24.0 Å². The van der Waals surface area contributed by atoms with Gasteiger partial charge in [-0.15, -0.1) is 0 Å². The molecule has 1 heterocycles. The maximum atomic E-state index is 13.7. The van der Waals surface area contributed by atoms with E-state index >= 15 is 0 Å². The van der Waals surface area contributed by atoms with Crippen LogP contribution in [0.15, 0.2) is 30.3 Å². The molecule has 1 fully saturated rings. The van der Waals surface area contributed by atoms with E-state index in [1.807, 2.05) is 71.9 Å². The van der Waals surface area contributed by atoms with Gasteiger partial charge < -0.3 is 26.0 Å². The summed E-state index contributed by atoms with van der Waals surface area (Å²) in [5, 5.41) is 11.2. The monoisotopic (exact) mass is 586 g/mol. The van der Waals surface area contributed by atoms with Gasteiger partial charge in [0, 0.05) is 6.42 Å². The number of amides is 4. The molecule has 2 rings (SSSR count). The number of hydrogen-bond acceptors (Lipinski definition) is 6. The van der Waals surface area contributed by atoms with E-state index in [2.05, 4.69) is 21.3 Å². The maximum Gasteiger partial charge on any atom is 0.329 e. The first kappa shape index (κ1) is 34.8. The fraction of sp³-hybridized carbons (Fsp3) is 0.656. The van der Waals surface area contributed by atoms with Crippen molar-refractivity contribution in [2.24, 2.45) is 23.7 Å². The van der Waals surface area contributed by atoms with Crippen LogP contribution in [0.5, 0.6) is 0 Å². The summed E-state index contributed by atoms with van der Waals surface area (Å²) in [6, 6.07) is 5.27. The molecule has 1 aromatic rings. The van der Waals surface area contributed by atoms with Crippen molar-refractivity contribution in [3.63, 3.8) is 0 Å². The van der Waals surface area contributed by atoms with Crippen LogP contribution in [-0.2, 0) is 35.1 Å². The summed E-state index contributed by atoms with van der Waals surface area (Å²) in [7, 11) is 0. The highest BCUT2D eigenvalue weighted by molar-refractivity contribution is 5.96. The summed E-state index contributed by atoms with van der Waals surface area (Å²) in [5.41, 5.74) is 0.815. The zero-order chi connectivity index (χ0) is 31.6. The fourth-order valence-electron chi connectivity index (χ4n) is 4.89. The van der Waals surface area contributed by atoms with Gasteiger partial charge in [0.15, 0.2) is 6.10 Å². The van der Waals surface area contributed by atoms with Gasteiger partial charge in [0.1, 0.15) is 24.2 Å². The lowest BCUT2D eigenvalue weighted by Crippen LogP contribution is -2.59. The minimum atomic E-state index is -1.16. The number of benzene rings is 1. The number of nitrogens with one attached hydrogen (secondary N) is 4. The number of carbonyl (C=O) groups is 5. The Morgan fingerprint density at radius 3 is 1.64 bits per heavy atom. The molecule has 1 saturated heterocycles. The summed E-state index contributed by atoms with van der Waals surface area (Å²) < 4.78 is 5.74. The molecule has 0 saturated carbocycles. The Labute approximate surface area is 250 Å². The Morgan fingerprint density at radius 2 is 1.10 bits per heavy atom. The minimum Gasteiger partial charge on any atom is -0.451 e. The normalized spacial score (nSPS) is 25.0. The smallest absolute Gasteiger partial charge is 0.329 e. The summed E-state index contributed by atoms with van der Waals surface area (Å²) in [5.74, 6) is -3.16. The average molecular weight is 587 g/mol. The molecule has 5 atom stereocenters. The molecule has 234 valence electrons. The highest BCUT2D eigenvalue weighted by Gasteiger charge is 2.36. The Kier molecular flexibility index (Phi) is 13.5. The van der Waals surface area contributed by atoms with Crippen LogP contribution in [0.4, 0.5) is 0 Å². The molecular weight excluding hydrogens is 536 g/mol. The first-order chi connectivity index (χ1) is 19.7. The molecule has 1 aliphatic heterocycles. The molecule has 0 radical (unpaired) electrons. The Balaban J connectivity index is 2.59. The van der Waals surface area contributed by atoms with Crippen LogP contribution in [0, 0.1) is 23.7 Å². The molecule has 10 heteroatoms. The van der Waals surface area contributed by atoms with Crippen LogP contribution < -0.4 is 21.3 Å². The van der Waals surface area contributed by atoms with Crippen molar-refractivity contribution in [2.75, 3.05) is 0 Å². The summed E-state index contributed by atoms with van der Waals surface area (Å²) in [4.78, 5) is 67.7. The number of rotatable bonds is 9. The van der Waals surface area contributed by atoms with Gasteiger partial charge in [-0.2, -0.15) is 0 Å². The van der Waals surface area contributed by atoms with Crippen LogP contribution in [0.25, 0.3) is 0 Å². The predicted octanol–water partition coefficient (Wildman–Crippen LogP) is 2.89. The van der Waals surface area contributed by atoms with E-state index in [1.165, 1.54) is 0 Å². The van der Waals surface area contributed by atoms with Crippen molar-refractivity contribution in [2.45, 2.75) is 111 Å². The van der Waals surface area contributed by atoms with E-state index in [-0.39, 0.29) is 42.9 Å². The maximum absolute atomic E-state index is 13.7. The molecular formula is C32H50N4O6. The van der Waals surface area contributed by atoms with E-state index < -0.39 is 59.9 Å². The molecule has 42 heavy (non-hydrogen) atoms. The highest BCUT2D eigenvalue weighted by atomic mass is 16.5.